The number of hydrogen-bond donors (Lipinski definition) is 0. The van der Waals surface area contributed by atoms with E-state index in [-0.39, 0.29) is 27.3 Å². The topological polar surface area (TPSA) is 67.3 Å². The fourth-order valence-corrected chi connectivity index (χ4v) is 5.68. The molecule has 1 saturated heterocycles. The summed E-state index contributed by atoms with van der Waals surface area (Å²) >= 11 is 6.12. The van der Waals surface area contributed by atoms with Crippen LogP contribution in [0.3, 0.4) is 0 Å². The van der Waals surface area contributed by atoms with E-state index < -0.39 is 9.84 Å². The number of benzene rings is 1. The normalized spacial score (nSPS) is 17.7. The maximum Gasteiger partial charge on any atom is 0.272 e. The van der Waals surface area contributed by atoms with Crippen molar-refractivity contribution >= 4 is 27.3 Å². The van der Waals surface area contributed by atoms with Gasteiger partial charge in [0.2, 0.25) is 0 Å². The highest BCUT2D eigenvalue weighted by atomic mass is 35.5. The number of rotatable bonds is 4. The number of halogens is 1. The number of nitrogens with zero attached hydrogens (tertiary/aromatic N) is 2. The van der Waals surface area contributed by atoms with Crippen LogP contribution in [0.4, 0.5) is 0 Å². The lowest BCUT2D eigenvalue weighted by Crippen LogP contribution is -2.39. The highest BCUT2D eigenvalue weighted by molar-refractivity contribution is 7.90. The molecule has 3 rings (SSSR count). The number of carbonyl (C=O) groups is 1. The molecule has 144 valence electrons. The SMILES string of the molecule is Cc1cccc(Cl)c1S(=O)(=O)Cc1cccc(C(=O)N2CCCC(C)C2)n1. The van der Waals surface area contributed by atoms with E-state index in [1.54, 1.807) is 48.2 Å². The first-order chi connectivity index (χ1) is 12.8. The molecule has 5 nitrogen and oxygen atoms in total. The minimum Gasteiger partial charge on any atom is -0.337 e. The van der Waals surface area contributed by atoms with Crippen molar-refractivity contribution in [3.05, 3.63) is 58.4 Å². The summed E-state index contributed by atoms with van der Waals surface area (Å²) in [6.07, 6.45) is 2.10. The molecule has 7 heteroatoms. The van der Waals surface area contributed by atoms with Crippen LogP contribution in [0.2, 0.25) is 5.02 Å². The summed E-state index contributed by atoms with van der Waals surface area (Å²) < 4.78 is 25.7. The largest absolute Gasteiger partial charge is 0.337 e. The zero-order chi connectivity index (χ0) is 19.6. The Morgan fingerprint density at radius 3 is 2.70 bits per heavy atom. The first-order valence-electron chi connectivity index (χ1n) is 9.01. The number of hydrogen-bond acceptors (Lipinski definition) is 4. The molecule has 2 aromatic rings. The average molecular weight is 407 g/mol. The molecule has 1 aromatic heterocycles. The first kappa shape index (κ1) is 19.8. The predicted octanol–water partition coefficient (Wildman–Crippen LogP) is 3.89. The van der Waals surface area contributed by atoms with Crippen molar-refractivity contribution in [1.82, 2.24) is 9.88 Å². The van der Waals surface area contributed by atoms with Crippen LogP contribution in [0.5, 0.6) is 0 Å². The molecule has 1 amide bonds. The smallest absolute Gasteiger partial charge is 0.272 e. The summed E-state index contributed by atoms with van der Waals surface area (Å²) in [7, 11) is -3.67. The van der Waals surface area contributed by atoms with Gasteiger partial charge < -0.3 is 4.90 Å². The number of carbonyl (C=O) groups excluding carboxylic acids is 1. The number of aromatic nitrogens is 1. The van der Waals surface area contributed by atoms with E-state index in [4.69, 9.17) is 11.6 Å². The van der Waals surface area contributed by atoms with Crippen LogP contribution < -0.4 is 0 Å². The number of likely N-dealkylation sites (tertiary alicyclic amines) is 1. The van der Waals surface area contributed by atoms with E-state index in [0.717, 1.165) is 12.8 Å². The van der Waals surface area contributed by atoms with Crippen molar-refractivity contribution in [2.75, 3.05) is 13.1 Å². The Labute approximate surface area is 165 Å². The predicted molar refractivity (Wildman–Crippen MR) is 106 cm³/mol. The third-order valence-corrected chi connectivity index (χ3v) is 7.05. The fraction of sp³-hybridized carbons (Fsp3) is 0.400. The monoisotopic (exact) mass is 406 g/mol. The van der Waals surface area contributed by atoms with Gasteiger partial charge in [0.05, 0.1) is 21.4 Å². The van der Waals surface area contributed by atoms with Gasteiger partial charge in [-0.15, -0.1) is 0 Å². The lowest BCUT2D eigenvalue weighted by Gasteiger charge is -2.30. The lowest BCUT2D eigenvalue weighted by atomic mass is 10.00. The van der Waals surface area contributed by atoms with Crippen LogP contribution in [0.1, 0.15) is 41.5 Å². The number of pyridine rings is 1. The fourth-order valence-electron chi connectivity index (χ4n) is 3.49. The Balaban J connectivity index is 1.84. The summed E-state index contributed by atoms with van der Waals surface area (Å²) in [4.78, 5) is 19.0. The molecule has 27 heavy (non-hydrogen) atoms. The molecule has 1 aromatic carbocycles. The molecule has 0 N–H and O–H groups in total. The van der Waals surface area contributed by atoms with Gasteiger partial charge in [0.15, 0.2) is 9.84 Å². The van der Waals surface area contributed by atoms with Gasteiger partial charge in [-0.25, -0.2) is 13.4 Å². The highest BCUT2D eigenvalue weighted by Crippen LogP contribution is 2.27. The zero-order valence-corrected chi connectivity index (χ0v) is 17.1. The molecular formula is C20H23ClN2O3S. The van der Waals surface area contributed by atoms with Gasteiger partial charge in [0.1, 0.15) is 5.69 Å². The summed E-state index contributed by atoms with van der Waals surface area (Å²) in [6.45, 7) is 5.26. The van der Waals surface area contributed by atoms with Crippen molar-refractivity contribution < 1.29 is 13.2 Å². The number of sulfone groups is 1. The first-order valence-corrected chi connectivity index (χ1v) is 11.0. The standard InChI is InChI=1S/C20H23ClN2O3S/c1-14-6-5-11-23(12-14)20(24)18-10-4-8-16(22-18)13-27(25,26)19-15(2)7-3-9-17(19)21/h3-4,7-10,14H,5-6,11-13H2,1-2H3. The maximum absolute atomic E-state index is 12.8. The summed E-state index contributed by atoms with van der Waals surface area (Å²) in [5, 5.41) is 0.199. The van der Waals surface area contributed by atoms with Crippen LogP contribution in [0, 0.1) is 12.8 Å². The quantitative estimate of drug-likeness (QED) is 0.772. The van der Waals surface area contributed by atoms with Gasteiger partial charge in [-0.2, -0.15) is 0 Å². The molecule has 0 radical (unpaired) electrons. The van der Waals surface area contributed by atoms with Crippen LogP contribution in [-0.2, 0) is 15.6 Å². The zero-order valence-electron chi connectivity index (χ0n) is 15.5. The van der Waals surface area contributed by atoms with E-state index in [1.165, 1.54) is 0 Å². The molecule has 0 spiro atoms. The number of piperidine rings is 1. The van der Waals surface area contributed by atoms with Crippen LogP contribution in [0.25, 0.3) is 0 Å². The lowest BCUT2D eigenvalue weighted by molar-refractivity contribution is 0.0677. The van der Waals surface area contributed by atoms with Crippen molar-refractivity contribution in [3.63, 3.8) is 0 Å². The Hall–Kier alpha value is -1.92. The van der Waals surface area contributed by atoms with Gasteiger partial charge in [0, 0.05) is 13.1 Å². The minimum atomic E-state index is -3.67. The number of amides is 1. The Kier molecular flexibility index (Phi) is 5.86. The molecule has 1 aliphatic heterocycles. The van der Waals surface area contributed by atoms with E-state index >= 15 is 0 Å². The van der Waals surface area contributed by atoms with Gasteiger partial charge in [-0.1, -0.05) is 36.7 Å². The molecule has 1 aliphatic rings. The van der Waals surface area contributed by atoms with Gasteiger partial charge in [-0.3, -0.25) is 4.79 Å². The van der Waals surface area contributed by atoms with E-state index in [0.29, 0.717) is 30.3 Å². The molecule has 1 fully saturated rings. The van der Waals surface area contributed by atoms with E-state index in [2.05, 4.69) is 11.9 Å². The van der Waals surface area contributed by atoms with Crippen molar-refractivity contribution in [1.29, 1.82) is 0 Å². The summed E-state index contributed by atoms with van der Waals surface area (Å²) in [5.74, 6) is 0.0268. The Bertz CT molecular complexity index is 939. The average Bonchev–Trinajstić information content (AvgIpc) is 2.60. The summed E-state index contributed by atoms with van der Waals surface area (Å²) in [6, 6.07) is 9.93. The van der Waals surface area contributed by atoms with Crippen LogP contribution >= 0.6 is 11.6 Å². The second-order valence-electron chi connectivity index (χ2n) is 7.16. The molecule has 0 saturated carbocycles. The third-order valence-electron chi connectivity index (χ3n) is 4.78. The molecule has 2 heterocycles. The summed E-state index contributed by atoms with van der Waals surface area (Å²) in [5.41, 5.74) is 1.22. The maximum atomic E-state index is 12.8. The molecule has 0 bridgehead atoms. The molecule has 1 atom stereocenters. The second-order valence-corrected chi connectivity index (χ2v) is 9.49. The van der Waals surface area contributed by atoms with Gasteiger partial charge in [-0.05, 0) is 49.4 Å². The molecule has 1 unspecified atom stereocenters. The molecular weight excluding hydrogens is 384 g/mol. The van der Waals surface area contributed by atoms with Gasteiger partial charge in [0.25, 0.3) is 5.91 Å². The molecule has 0 aliphatic carbocycles. The van der Waals surface area contributed by atoms with Crippen molar-refractivity contribution in [3.8, 4) is 0 Å². The minimum absolute atomic E-state index is 0.120. The second kappa shape index (κ2) is 7.98. The van der Waals surface area contributed by atoms with Crippen LogP contribution in [-0.4, -0.2) is 37.3 Å². The Morgan fingerprint density at radius 1 is 1.26 bits per heavy atom. The van der Waals surface area contributed by atoms with Crippen LogP contribution in [0.15, 0.2) is 41.3 Å². The highest BCUT2D eigenvalue weighted by Gasteiger charge is 2.25. The number of aryl methyl sites for hydroxylation is 1. The van der Waals surface area contributed by atoms with Gasteiger partial charge >= 0.3 is 0 Å². The van der Waals surface area contributed by atoms with Crippen molar-refractivity contribution in [2.24, 2.45) is 5.92 Å². The Morgan fingerprint density at radius 2 is 2.00 bits per heavy atom. The van der Waals surface area contributed by atoms with E-state index in [1.807, 2.05) is 0 Å². The van der Waals surface area contributed by atoms with E-state index in [9.17, 15) is 13.2 Å². The van der Waals surface area contributed by atoms with Crippen molar-refractivity contribution in [2.45, 2.75) is 37.3 Å². The third kappa shape index (κ3) is 4.50.